The summed E-state index contributed by atoms with van der Waals surface area (Å²) in [4.78, 5) is 18.0. The number of fused-ring (bicyclic) bond motifs is 1. The van der Waals surface area contributed by atoms with Gasteiger partial charge in [0.2, 0.25) is 10.0 Å². The third-order valence-electron chi connectivity index (χ3n) is 4.30. The number of nitrogens with one attached hydrogen (secondary N) is 1. The van der Waals surface area contributed by atoms with Crippen molar-refractivity contribution in [1.82, 2.24) is 9.29 Å². The molecule has 1 amide bonds. The number of nitrogens with zero attached hydrogens (tertiary/aromatic N) is 2. The van der Waals surface area contributed by atoms with Crippen LogP contribution in [0.2, 0.25) is 0 Å². The Labute approximate surface area is 163 Å². The number of para-hydroxylation sites is 1. The first-order valence-corrected chi connectivity index (χ1v) is 11.2. The number of sulfonamides is 1. The number of amides is 1. The van der Waals surface area contributed by atoms with E-state index in [0.717, 1.165) is 10.6 Å². The van der Waals surface area contributed by atoms with Gasteiger partial charge in [-0.3, -0.25) is 10.1 Å². The molecule has 0 spiro atoms. The van der Waals surface area contributed by atoms with Gasteiger partial charge in [0.25, 0.3) is 5.91 Å². The Hall–Kier alpha value is -1.97. The number of hydrogen-bond donors (Lipinski definition) is 1. The number of carbonyl (C=O) groups is 1. The van der Waals surface area contributed by atoms with Crippen LogP contribution in [0, 0.1) is 0 Å². The lowest BCUT2D eigenvalue weighted by Gasteiger charge is -2.26. The quantitative estimate of drug-likeness (QED) is 0.792. The van der Waals surface area contributed by atoms with Gasteiger partial charge in [-0.25, -0.2) is 13.4 Å². The third-order valence-corrected chi connectivity index (χ3v) is 7.52. The van der Waals surface area contributed by atoms with Gasteiger partial charge in [-0.15, -0.1) is 11.3 Å². The first-order valence-electron chi connectivity index (χ1n) is 8.83. The molecule has 1 aromatic carbocycles. The second-order valence-electron chi connectivity index (χ2n) is 6.45. The monoisotopic (exact) mass is 409 g/mol. The molecular weight excluding hydrogens is 386 g/mol. The molecule has 1 aliphatic heterocycles. The number of hydrogen-bond acceptors (Lipinski definition) is 6. The Balaban J connectivity index is 1.76. The maximum atomic E-state index is 12.6. The molecule has 9 heteroatoms. The van der Waals surface area contributed by atoms with Crippen molar-refractivity contribution in [3.05, 3.63) is 40.4 Å². The zero-order valence-corrected chi connectivity index (χ0v) is 17.2. The molecule has 3 rings (SSSR count). The zero-order valence-electron chi connectivity index (χ0n) is 15.6. The van der Waals surface area contributed by atoms with Crippen molar-refractivity contribution in [2.75, 3.05) is 18.5 Å². The fraction of sp³-hybridized carbons (Fsp3) is 0.444. The second-order valence-corrected chi connectivity index (χ2v) is 10.0. The van der Waals surface area contributed by atoms with Crippen LogP contribution in [0.15, 0.2) is 24.3 Å². The zero-order chi connectivity index (χ0) is 19.6. The molecule has 0 saturated carbocycles. The Kier molecular flexibility index (Phi) is 5.83. The maximum Gasteiger partial charge on any atom is 0.261 e. The predicted octanol–water partition coefficient (Wildman–Crippen LogP) is 2.89. The molecule has 7 nitrogen and oxygen atoms in total. The van der Waals surface area contributed by atoms with Crippen LogP contribution in [0.1, 0.15) is 41.7 Å². The Morgan fingerprint density at radius 2 is 2.11 bits per heavy atom. The number of rotatable bonds is 6. The van der Waals surface area contributed by atoms with Crippen LogP contribution in [-0.2, 0) is 23.0 Å². The van der Waals surface area contributed by atoms with E-state index in [1.54, 1.807) is 32.0 Å². The Morgan fingerprint density at radius 1 is 1.37 bits per heavy atom. The summed E-state index contributed by atoms with van der Waals surface area (Å²) in [5.41, 5.74) is 1.29. The summed E-state index contributed by atoms with van der Waals surface area (Å²) in [6.07, 6.45) is 0.545. The number of aromatic nitrogens is 1. The highest BCUT2D eigenvalue weighted by atomic mass is 32.2. The highest BCUT2D eigenvalue weighted by Crippen LogP contribution is 2.31. The molecule has 1 N–H and O–H groups in total. The van der Waals surface area contributed by atoms with E-state index in [-0.39, 0.29) is 5.91 Å². The summed E-state index contributed by atoms with van der Waals surface area (Å²) in [6, 6.07) is 7.04. The van der Waals surface area contributed by atoms with Crippen molar-refractivity contribution in [1.29, 1.82) is 0 Å². The molecule has 27 heavy (non-hydrogen) atoms. The predicted molar refractivity (Wildman–Crippen MR) is 106 cm³/mol. The SMILES string of the molecule is CCOc1ccccc1C(=O)Nc1nc2c(s1)CN(S(=O)(=O)C(C)C)CC2. The lowest BCUT2D eigenvalue weighted by molar-refractivity contribution is 0.102. The minimum absolute atomic E-state index is 0.295. The fourth-order valence-electron chi connectivity index (χ4n) is 2.84. The molecule has 0 bridgehead atoms. The van der Waals surface area contributed by atoms with E-state index < -0.39 is 15.3 Å². The van der Waals surface area contributed by atoms with Gasteiger partial charge in [0.05, 0.1) is 23.1 Å². The standard InChI is InChI=1S/C18H23N3O4S2/c1-4-25-15-8-6-5-7-13(15)17(22)20-18-19-14-9-10-21(11-16(14)26-18)27(23,24)12(2)3/h5-8,12H,4,9-11H2,1-3H3,(H,19,20,22). The van der Waals surface area contributed by atoms with Crippen LogP contribution >= 0.6 is 11.3 Å². The number of anilines is 1. The molecule has 2 heterocycles. The van der Waals surface area contributed by atoms with E-state index >= 15 is 0 Å². The van der Waals surface area contributed by atoms with E-state index in [1.165, 1.54) is 15.6 Å². The van der Waals surface area contributed by atoms with Gasteiger partial charge < -0.3 is 4.74 Å². The van der Waals surface area contributed by atoms with Crippen molar-refractivity contribution in [3.63, 3.8) is 0 Å². The lowest BCUT2D eigenvalue weighted by atomic mass is 10.2. The van der Waals surface area contributed by atoms with Gasteiger partial charge in [0.1, 0.15) is 5.75 Å². The molecule has 2 aromatic rings. The maximum absolute atomic E-state index is 12.6. The van der Waals surface area contributed by atoms with E-state index in [4.69, 9.17) is 4.74 Å². The van der Waals surface area contributed by atoms with Crippen LogP contribution in [0.3, 0.4) is 0 Å². The molecule has 1 aliphatic rings. The first-order chi connectivity index (χ1) is 12.8. The van der Waals surface area contributed by atoms with Crippen LogP contribution in [0.4, 0.5) is 5.13 Å². The van der Waals surface area contributed by atoms with E-state index in [1.807, 2.05) is 13.0 Å². The van der Waals surface area contributed by atoms with Gasteiger partial charge in [-0.05, 0) is 32.9 Å². The van der Waals surface area contributed by atoms with Gasteiger partial charge in [0, 0.05) is 24.4 Å². The van der Waals surface area contributed by atoms with Crippen LogP contribution in [0.25, 0.3) is 0 Å². The summed E-state index contributed by atoms with van der Waals surface area (Å²) in [5.74, 6) is 0.227. The average molecular weight is 410 g/mol. The normalized spacial score (nSPS) is 14.8. The summed E-state index contributed by atoms with van der Waals surface area (Å²) in [5, 5.41) is 2.83. The molecule has 0 aliphatic carbocycles. The molecule has 0 radical (unpaired) electrons. The molecule has 146 valence electrons. The van der Waals surface area contributed by atoms with Gasteiger partial charge in [-0.2, -0.15) is 4.31 Å². The van der Waals surface area contributed by atoms with Gasteiger partial charge in [-0.1, -0.05) is 12.1 Å². The van der Waals surface area contributed by atoms with E-state index in [9.17, 15) is 13.2 Å². The molecule has 0 unspecified atom stereocenters. The minimum Gasteiger partial charge on any atom is -0.493 e. The number of carbonyl (C=O) groups excluding carboxylic acids is 1. The Morgan fingerprint density at radius 3 is 2.81 bits per heavy atom. The lowest BCUT2D eigenvalue weighted by Crippen LogP contribution is -2.39. The minimum atomic E-state index is -3.30. The molecule has 0 fully saturated rings. The number of benzene rings is 1. The summed E-state index contributed by atoms with van der Waals surface area (Å²) < 4.78 is 31.8. The summed E-state index contributed by atoms with van der Waals surface area (Å²) in [7, 11) is -3.30. The third kappa shape index (κ3) is 4.15. The molecule has 0 atom stereocenters. The topological polar surface area (TPSA) is 88.6 Å². The second kappa shape index (κ2) is 7.95. The van der Waals surface area contributed by atoms with Gasteiger partial charge >= 0.3 is 0 Å². The largest absolute Gasteiger partial charge is 0.493 e. The van der Waals surface area contributed by atoms with Crippen LogP contribution < -0.4 is 10.1 Å². The summed E-state index contributed by atoms with van der Waals surface area (Å²) in [6.45, 7) is 6.41. The van der Waals surface area contributed by atoms with Crippen molar-refractivity contribution in [3.8, 4) is 5.75 Å². The highest BCUT2D eigenvalue weighted by molar-refractivity contribution is 7.89. The molecular formula is C18H23N3O4S2. The smallest absolute Gasteiger partial charge is 0.261 e. The van der Waals surface area contributed by atoms with E-state index in [2.05, 4.69) is 10.3 Å². The Bertz CT molecular complexity index is 938. The average Bonchev–Trinajstić information content (AvgIpc) is 3.03. The van der Waals surface area contributed by atoms with Crippen LogP contribution in [-0.4, -0.2) is 42.0 Å². The highest BCUT2D eigenvalue weighted by Gasteiger charge is 2.31. The number of thiazole rings is 1. The number of ether oxygens (including phenoxy) is 1. The van der Waals surface area contributed by atoms with Crippen molar-refractivity contribution in [2.24, 2.45) is 0 Å². The van der Waals surface area contributed by atoms with Gasteiger partial charge in [0.15, 0.2) is 5.13 Å². The first kappa shape index (κ1) is 19.8. The fourth-order valence-corrected chi connectivity index (χ4v) is 5.19. The van der Waals surface area contributed by atoms with Crippen LogP contribution in [0.5, 0.6) is 5.75 Å². The van der Waals surface area contributed by atoms with Crippen molar-refractivity contribution in [2.45, 2.75) is 39.0 Å². The van der Waals surface area contributed by atoms with Crippen molar-refractivity contribution < 1.29 is 17.9 Å². The molecule has 1 aromatic heterocycles. The van der Waals surface area contributed by atoms with E-state index in [0.29, 0.717) is 42.6 Å². The molecule has 0 saturated heterocycles. The summed E-state index contributed by atoms with van der Waals surface area (Å²) >= 11 is 1.32. The van der Waals surface area contributed by atoms with Crippen molar-refractivity contribution >= 4 is 32.4 Å².